The Labute approximate surface area is 53.6 Å². The van der Waals surface area contributed by atoms with Gasteiger partial charge in [0.15, 0.2) is 5.78 Å². The van der Waals surface area contributed by atoms with Gasteiger partial charge < -0.3 is 10.2 Å². The highest BCUT2D eigenvalue weighted by Gasteiger charge is 1.92. The van der Waals surface area contributed by atoms with Gasteiger partial charge in [-0.15, -0.1) is 0 Å². The first-order valence-corrected chi connectivity index (χ1v) is 2.62. The molecular formula is C6H10O3. The lowest BCUT2D eigenvalue weighted by Crippen LogP contribution is -2.00. The lowest BCUT2D eigenvalue weighted by molar-refractivity contribution is -0.117. The molecule has 0 aliphatic carbocycles. The molecule has 0 amide bonds. The van der Waals surface area contributed by atoms with Crippen molar-refractivity contribution in [3.8, 4) is 0 Å². The Balaban J connectivity index is 3.79. The van der Waals surface area contributed by atoms with E-state index in [1.807, 2.05) is 0 Å². The first-order chi connectivity index (χ1) is 4.20. The number of carbonyl (C=O) groups excluding carboxylic acids is 1. The maximum atomic E-state index is 10.3. The van der Waals surface area contributed by atoms with Gasteiger partial charge in [0.1, 0.15) is 6.61 Å². The minimum Gasteiger partial charge on any atom is -0.392 e. The van der Waals surface area contributed by atoms with Crippen LogP contribution in [0.15, 0.2) is 11.6 Å². The summed E-state index contributed by atoms with van der Waals surface area (Å²) < 4.78 is 0. The summed E-state index contributed by atoms with van der Waals surface area (Å²) in [7, 11) is 0. The summed E-state index contributed by atoms with van der Waals surface area (Å²) in [5.41, 5.74) is 0.564. The van der Waals surface area contributed by atoms with Crippen molar-refractivity contribution in [2.75, 3.05) is 13.2 Å². The van der Waals surface area contributed by atoms with Crippen LogP contribution >= 0.6 is 0 Å². The molecule has 0 aliphatic rings. The van der Waals surface area contributed by atoms with E-state index in [4.69, 9.17) is 10.2 Å². The third-order valence-corrected chi connectivity index (χ3v) is 0.813. The van der Waals surface area contributed by atoms with Crippen molar-refractivity contribution < 1.29 is 15.0 Å². The summed E-state index contributed by atoms with van der Waals surface area (Å²) >= 11 is 0. The molecule has 52 valence electrons. The molecular weight excluding hydrogens is 120 g/mol. The van der Waals surface area contributed by atoms with Gasteiger partial charge in [-0.05, 0) is 18.6 Å². The van der Waals surface area contributed by atoms with Crippen molar-refractivity contribution in [2.24, 2.45) is 0 Å². The lowest BCUT2D eigenvalue weighted by Gasteiger charge is -1.90. The quantitative estimate of drug-likeness (QED) is 0.506. The Hall–Kier alpha value is -0.670. The smallest absolute Gasteiger partial charge is 0.181 e. The number of hydrogen-bond donors (Lipinski definition) is 2. The first-order valence-electron chi connectivity index (χ1n) is 2.62. The van der Waals surface area contributed by atoms with Crippen LogP contribution in [0.4, 0.5) is 0 Å². The average Bonchev–Trinajstić information content (AvgIpc) is 1.87. The summed E-state index contributed by atoms with van der Waals surface area (Å²) in [6, 6.07) is 0. The predicted octanol–water partition coefficient (Wildman–Crippen LogP) is -0.514. The molecule has 2 N–H and O–H groups in total. The van der Waals surface area contributed by atoms with Crippen molar-refractivity contribution in [1.29, 1.82) is 0 Å². The van der Waals surface area contributed by atoms with Gasteiger partial charge in [0.05, 0.1) is 6.61 Å². The second-order valence-corrected chi connectivity index (χ2v) is 1.77. The van der Waals surface area contributed by atoms with Crippen LogP contribution in [-0.2, 0) is 4.79 Å². The highest BCUT2D eigenvalue weighted by atomic mass is 16.3. The molecule has 0 atom stereocenters. The molecule has 0 bridgehead atoms. The highest BCUT2D eigenvalue weighted by Crippen LogP contribution is 1.88. The van der Waals surface area contributed by atoms with Gasteiger partial charge in [-0.2, -0.15) is 0 Å². The lowest BCUT2D eigenvalue weighted by atomic mass is 10.2. The topological polar surface area (TPSA) is 57.5 Å². The van der Waals surface area contributed by atoms with Crippen LogP contribution in [0.25, 0.3) is 0 Å². The fourth-order valence-electron chi connectivity index (χ4n) is 0.366. The van der Waals surface area contributed by atoms with E-state index in [0.717, 1.165) is 0 Å². The summed E-state index contributed by atoms with van der Waals surface area (Å²) in [6.45, 7) is 0.997. The normalized spacial score (nSPS) is 11.7. The van der Waals surface area contributed by atoms with E-state index in [0.29, 0.717) is 5.57 Å². The number of rotatable bonds is 3. The maximum absolute atomic E-state index is 10.3. The molecule has 0 aromatic rings. The van der Waals surface area contributed by atoms with E-state index in [9.17, 15) is 4.79 Å². The standard InChI is InChI=1S/C6H10O3/c1-5(3-7)2-6(9)4-8/h2,7-8H,3-4H2,1H3/b5-2+. The SMILES string of the molecule is C/C(=C\C(=O)CO)CO. The number of hydrogen-bond acceptors (Lipinski definition) is 3. The molecule has 0 unspecified atom stereocenters. The molecule has 3 nitrogen and oxygen atoms in total. The molecule has 0 spiro atoms. The van der Waals surface area contributed by atoms with Gasteiger partial charge in [0.2, 0.25) is 0 Å². The van der Waals surface area contributed by atoms with Gasteiger partial charge in [0, 0.05) is 0 Å². The van der Waals surface area contributed by atoms with Gasteiger partial charge in [-0.3, -0.25) is 4.79 Å². The number of aliphatic hydroxyl groups is 2. The summed E-state index contributed by atoms with van der Waals surface area (Å²) in [5.74, 6) is -0.374. The minimum atomic E-state index is -0.489. The monoisotopic (exact) mass is 130 g/mol. The molecule has 0 saturated carbocycles. The van der Waals surface area contributed by atoms with Crippen LogP contribution in [0.5, 0.6) is 0 Å². The second-order valence-electron chi connectivity index (χ2n) is 1.77. The van der Waals surface area contributed by atoms with Crippen LogP contribution in [0.3, 0.4) is 0 Å². The van der Waals surface area contributed by atoms with Gasteiger partial charge >= 0.3 is 0 Å². The Morgan fingerprint density at radius 3 is 2.33 bits per heavy atom. The van der Waals surface area contributed by atoms with E-state index in [1.165, 1.54) is 6.08 Å². The molecule has 0 rings (SSSR count). The first kappa shape index (κ1) is 8.33. The van der Waals surface area contributed by atoms with Crippen LogP contribution in [0.2, 0.25) is 0 Å². The number of ketones is 1. The Morgan fingerprint density at radius 1 is 1.44 bits per heavy atom. The van der Waals surface area contributed by atoms with Gasteiger partial charge in [0.25, 0.3) is 0 Å². The summed E-state index contributed by atoms with van der Waals surface area (Å²) in [5, 5.41) is 16.6. The van der Waals surface area contributed by atoms with E-state index in [1.54, 1.807) is 6.92 Å². The Kier molecular flexibility index (Phi) is 3.92. The highest BCUT2D eigenvalue weighted by molar-refractivity contribution is 5.91. The Morgan fingerprint density at radius 2 is 2.00 bits per heavy atom. The number of carbonyl (C=O) groups is 1. The molecule has 0 aliphatic heterocycles. The zero-order valence-electron chi connectivity index (χ0n) is 5.29. The van der Waals surface area contributed by atoms with Crippen LogP contribution in [-0.4, -0.2) is 29.2 Å². The molecule has 0 aromatic carbocycles. The zero-order valence-corrected chi connectivity index (χ0v) is 5.29. The molecule has 0 fully saturated rings. The second kappa shape index (κ2) is 4.23. The summed E-state index contributed by atoms with van der Waals surface area (Å²) in [4.78, 5) is 10.3. The van der Waals surface area contributed by atoms with E-state index in [-0.39, 0.29) is 12.4 Å². The minimum absolute atomic E-state index is 0.133. The van der Waals surface area contributed by atoms with Crippen LogP contribution in [0.1, 0.15) is 6.92 Å². The van der Waals surface area contributed by atoms with Crippen molar-refractivity contribution in [3.63, 3.8) is 0 Å². The Bertz CT molecular complexity index is 126. The van der Waals surface area contributed by atoms with Crippen molar-refractivity contribution in [2.45, 2.75) is 6.92 Å². The molecule has 9 heavy (non-hydrogen) atoms. The van der Waals surface area contributed by atoms with Crippen molar-refractivity contribution in [3.05, 3.63) is 11.6 Å². The van der Waals surface area contributed by atoms with E-state index >= 15 is 0 Å². The van der Waals surface area contributed by atoms with Crippen LogP contribution < -0.4 is 0 Å². The van der Waals surface area contributed by atoms with Gasteiger partial charge in [-0.1, -0.05) is 0 Å². The van der Waals surface area contributed by atoms with Crippen molar-refractivity contribution >= 4 is 5.78 Å². The van der Waals surface area contributed by atoms with Crippen LogP contribution in [0, 0.1) is 0 Å². The third-order valence-electron chi connectivity index (χ3n) is 0.813. The molecule has 0 heterocycles. The molecule has 0 aromatic heterocycles. The van der Waals surface area contributed by atoms with E-state index < -0.39 is 6.61 Å². The van der Waals surface area contributed by atoms with Gasteiger partial charge in [-0.25, -0.2) is 0 Å². The summed E-state index contributed by atoms with van der Waals surface area (Å²) in [6.07, 6.45) is 1.22. The van der Waals surface area contributed by atoms with Crippen molar-refractivity contribution in [1.82, 2.24) is 0 Å². The third kappa shape index (κ3) is 3.88. The molecule has 0 radical (unpaired) electrons. The van der Waals surface area contributed by atoms with E-state index in [2.05, 4.69) is 0 Å². The largest absolute Gasteiger partial charge is 0.392 e. The average molecular weight is 130 g/mol. The molecule has 3 heteroatoms. The fraction of sp³-hybridized carbons (Fsp3) is 0.500. The number of aliphatic hydroxyl groups excluding tert-OH is 2. The zero-order chi connectivity index (χ0) is 7.28. The molecule has 0 saturated heterocycles. The predicted molar refractivity (Wildman–Crippen MR) is 32.9 cm³/mol. The fourth-order valence-corrected chi connectivity index (χ4v) is 0.366. The maximum Gasteiger partial charge on any atom is 0.181 e.